The molecule has 3 aliphatic heterocycles. The van der Waals surface area contributed by atoms with E-state index < -0.39 is 33.4 Å². The van der Waals surface area contributed by atoms with E-state index in [-0.39, 0.29) is 30.9 Å². The summed E-state index contributed by atoms with van der Waals surface area (Å²) in [6.45, 7) is 10.4. The molecule has 244 valence electrons. The number of anilines is 1. The summed E-state index contributed by atoms with van der Waals surface area (Å²) in [7, 11) is 0. The van der Waals surface area contributed by atoms with Gasteiger partial charge in [0.15, 0.2) is 0 Å². The third kappa shape index (κ3) is 5.60. The van der Waals surface area contributed by atoms with Crippen molar-refractivity contribution >= 4 is 46.8 Å². The number of benzene rings is 3. The highest BCUT2D eigenvalue weighted by atomic mass is 35.5. The van der Waals surface area contributed by atoms with Crippen molar-refractivity contribution in [2.45, 2.75) is 47.9 Å². The monoisotopic (exact) mass is 669 g/mol. The first kappa shape index (κ1) is 33.1. The van der Waals surface area contributed by atoms with Crippen molar-refractivity contribution in [1.82, 2.24) is 9.80 Å². The van der Waals surface area contributed by atoms with Crippen LogP contribution in [0, 0.1) is 11.8 Å². The van der Waals surface area contributed by atoms with Gasteiger partial charge in [-0.2, -0.15) is 0 Å². The van der Waals surface area contributed by atoms with Crippen molar-refractivity contribution in [2.24, 2.45) is 11.8 Å². The number of likely N-dealkylation sites (tertiary alicyclic amines) is 1. The number of halogens is 1. The molecule has 1 N–H and O–H groups in total. The first-order valence-corrected chi connectivity index (χ1v) is 17.2. The predicted octanol–water partition coefficient (Wildman–Crippen LogP) is 6.29. The van der Waals surface area contributed by atoms with Crippen molar-refractivity contribution in [3.05, 3.63) is 126 Å². The van der Waals surface area contributed by atoms with Crippen LogP contribution in [0.25, 0.3) is 0 Å². The number of fused-ring (bicyclic) bond motifs is 1. The minimum Gasteiger partial charge on any atom is -0.394 e. The van der Waals surface area contributed by atoms with E-state index in [0.29, 0.717) is 36.6 Å². The Morgan fingerprint density at radius 2 is 1.62 bits per heavy atom. The van der Waals surface area contributed by atoms with Crippen LogP contribution in [-0.2, 0) is 20.9 Å². The zero-order chi connectivity index (χ0) is 33.3. The average Bonchev–Trinajstić information content (AvgIpc) is 3.65. The Bertz CT molecular complexity index is 1670. The largest absolute Gasteiger partial charge is 0.394 e. The van der Waals surface area contributed by atoms with Crippen LogP contribution in [0.5, 0.6) is 0 Å². The summed E-state index contributed by atoms with van der Waals surface area (Å²) < 4.78 is -1.45. The van der Waals surface area contributed by atoms with Crippen LogP contribution in [-0.4, -0.2) is 67.9 Å². The lowest BCUT2D eigenvalue weighted by molar-refractivity contribution is -0.146. The number of carbonyl (C=O) groups is 3. The molecule has 7 nitrogen and oxygen atoms in total. The van der Waals surface area contributed by atoms with Crippen LogP contribution >= 0.6 is 23.4 Å². The number of carbonyl (C=O) groups excluding carboxylic acids is 3. The highest BCUT2D eigenvalue weighted by Gasteiger charge is 2.78. The molecular weight excluding hydrogens is 630 g/mol. The fourth-order valence-electron chi connectivity index (χ4n) is 8.03. The van der Waals surface area contributed by atoms with Crippen molar-refractivity contribution in [1.29, 1.82) is 0 Å². The molecule has 0 radical (unpaired) electrons. The number of rotatable bonds is 12. The van der Waals surface area contributed by atoms with E-state index in [9.17, 15) is 9.90 Å². The van der Waals surface area contributed by atoms with Crippen LogP contribution in [0.1, 0.15) is 36.9 Å². The van der Waals surface area contributed by atoms with E-state index in [1.54, 1.807) is 56.8 Å². The lowest BCUT2D eigenvalue weighted by Gasteiger charge is -2.40. The van der Waals surface area contributed by atoms with Gasteiger partial charge in [-0.3, -0.25) is 14.4 Å². The average molecular weight is 670 g/mol. The molecule has 47 heavy (non-hydrogen) atoms. The topological polar surface area (TPSA) is 81.2 Å². The minimum absolute atomic E-state index is 0.119. The molecule has 0 aromatic heterocycles. The van der Waals surface area contributed by atoms with Crippen LogP contribution in [0.4, 0.5) is 5.69 Å². The minimum atomic E-state index is -0.958. The normalized spacial score (nSPS) is 26.5. The van der Waals surface area contributed by atoms with Crippen molar-refractivity contribution < 1.29 is 19.5 Å². The maximum atomic E-state index is 15.1. The van der Waals surface area contributed by atoms with Gasteiger partial charge in [0.2, 0.25) is 11.8 Å². The smallest absolute Gasteiger partial charge is 0.251 e. The Morgan fingerprint density at radius 3 is 2.26 bits per heavy atom. The van der Waals surface area contributed by atoms with Gasteiger partial charge in [0.1, 0.15) is 6.04 Å². The molecule has 3 aromatic rings. The van der Waals surface area contributed by atoms with Crippen LogP contribution in [0.15, 0.2) is 110 Å². The quantitative estimate of drug-likeness (QED) is 0.230. The molecule has 6 rings (SSSR count). The van der Waals surface area contributed by atoms with Crippen LogP contribution in [0.2, 0.25) is 5.02 Å². The highest BCUT2D eigenvalue weighted by Crippen LogP contribution is 2.72. The number of aliphatic hydroxyl groups is 1. The molecule has 0 saturated carbocycles. The molecule has 6 atom stereocenters. The highest BCUT2D eigenvalue weighted by molar-refractivity contribution is 8.02. The van der Waals surface area contributed by atoms with Gasteiger partial charge in [-0.15, -0.1) is 24.9 Å². The first-order valence-electron chi connectivity index (χ1n) is 16.0. The summed E-state index contributed by atoms with van der Waals surface area (Å²) in [6, 6.07) is 24.5. The number of hydrogen-bond acceptors (Lipinski definition) is 5. The van der Waals surface area contributed by atoms with Crippen molar-refractivity contribution in [3.8, 4) is 0 Å². The Balaban J connectivity index is 1.48. The molecule has 3 fully saturated rings. The number of amides is 3. The fourth-order valence-corrected chi connectivity index (χ4v) is 10.6. The van der Waals surface area contributed by atoms with Gasteiger partial charge in [-0.25, -0.2) is 0 Å². The molecule has 3 aromatic carbocycles. The molecule has 1 spiro atoms. The van der Waals surface area contributed by atoms with E-state index in [2.05, 4.69) is 20.1 Å². The van der Waals surface area contributed by atoms with E-state index in [1.165, 1.54) is 0 Å². The summed E-state index contributed by atoms with van der Waals surface area (Å²) >= 11 is 8.26. The van der Waals surface area contributed by atoms with E-state index in [4.69, 9.17) is 11.6 Å². The molecule has 9 heteroatoms. The Morgan fingerprint density at radius 1 is 0.979 bits per heavy atom. The van der Waals surface area contributed by atoms with Gasteiger partial charge in [-0.05, 0) is 43.0 Å². The van der Waals surface area contributed by atoms with Gasteiger partial charge in [0.05, 0.1) is 39.9 Å². The molecule has 3 saturated heterocycles. The van der Waals surface area contributed by atoms with Gasteiger partial charge in [0, 0.05) is 24.4 Å². The second kappa shape index (κ2) is 13.3. The standard InChI is InChI=1S/C38H40ClN3O4S/c1-4-22-40(24-26-14-8-6-9-15-26)34(44)31-32-35(45)42(30(25-43)27-16-10-7-11-17-27)33(38(32)21-20-37(31,3)47-38)36(46)41(23-5-2)29-19-13-12-18-28(29)39/h4-19,30-33,43H,1-2,20-25H2,3H3/t30-,31+,32+,33?,37-,38?/m1/s1. The molecule has 2 unspecified atom stereocenters. The summed E-state index contributed by atoms with van der Waals surface area (Å²) in [5.74, 6) is -2.13. The van der Waals surface area contributed by atoms with Crippen LogP contribution < -0.4 is 4.90 Å². The number of hydrogen-bond donors (Lipinski definition) is 1. The molecule has 3 aliphatic rings. The summed E-state index contributed by atoms with van der Waals surface area (Å²) in [6.07, 6.45) is 4.61. The van der Waals surface area contributed by atoms with Gasteiger partial charge >= 0.3 is 0 Å². The third-order valence-electron chi connectivity index (χ3n) is 10.0. The summed E-state index contributed by atoms with van der Waals surface area (Å²) in [5.41, 5.74) is 2.22. The lowest BCUT2D eigenvalue weighted by atomic mass is 9.66. The molecule has 2 bridgehead atoms. The SMILES string of the molecule is C=CCN(Cc1ccccc1)C(=O)[C@@H]1[C@H]2C(=O)N([C@H](CO)c3ccccc3)C(C(=O)N(CC=C)c3ccccc3Cl)C23CC[C@@]1(C)S3. The number of para-hydroxylation sites is 1. The van der Waals surface area contributed by atoms with Crippen LogP contribution in [0.3, 0.4) is 0 Å². The van der Waals surface area contributed by atoms with Gasteiger partial charge < -0.3 is 19.8 Å². The Kier molecular flexibility index (Phi) is 9.38. The number of aliphatic hydroxyl groups excluding tert-OH is 1. The van der Waals surface area contributed by atoms with E-state index in [1.807, 2.05) is 66.7 Å². The van der Waals surface area contributed by atoms with Crippen molar-refractivity contribution in [2.75, 3.05) is 24.6 Å². The zero-order valence-corrected chi connectivity index (χ0v) is 28.1. The maximum absolute atomic E-state index is 15.1. The van der Waals surface area contributed by atoms with E-state index in [0.717, 1.165) is 11.1 Å². The fraction of sp³-hybridized carbons (Fsp3) is 0.342. The second-order valence-electron chi connectivity index (χ2n) is 12.8. The van der Waals surface area contributed by atoms with Gasteiger partial charge in [0.25, 0.3) is 5.91 Å². The molecule has 3 amide bonds. The predicted molar refractivity (Wildman–Crippen MR) is 188 cm³/mol. The van der Waals surface area contributed by atoms with E-state index >= 15 is 9.59 Å². The maximum Gasteiger partial charge on any atom is 0.251 e. The molecule has 3 heterocycles. The lowest BCUT2D eigenvalue weighted by Crippen LogP contribution is -2.56. The third-order valence-corrected chi connectivity index (χ3v) is 12.3. The molecule has 0 aliphatic carbocycles. The number of nitrogens with zero attached hydrogens (tertiary/aromatic N) is 3. The van der Waals surface area contributed by atoms with Crippen molar-refractivity contribution in [3.63, 3.8) is 0 Å². The second-order valence-corrected chi connectivity index (χ2v) is 15.1. The first-order chi connectivity index (χ1) is 22.7. The number of thioether (sulfide) groups is 1. The summed E-state index contributed by atoms with van der Waals surface area (Å²) in [4.78, 5) is 49.8. The zero-order valence-electron chi connectivity index (χ0n) is 26.5. The Labute approximate surface area is 285 Å². The summed E-state index contributed by atoms with van der Waals surface area (Å²) in [5, 5.41) is 11.3. The van der Waals surface area contributed by atoms with Gasteiger partial charge in [-0.1, -0.05) is 96.5 Å². The molecular formula is C38H40ClN3O4S. The Hall–Kier alpha value is -3.85.